The summed E-state index contributed by atoms with van der Waals surface area (Å²) in [6, 6.07) is 15.8. The number of hydrogen-bond acceptors (Lipinski definition) is 2. The van der Waals surface area contributed by atoms with Gasteiger partial charge < -0.3 is 15.4 Å². The Morgan fingerprint density at radius 2 is 1.85 bits per heavy atom. The molecule has 0 radical (unpaired) electrons. The van der Waals surface area contributed by atoms with Gasteiger partial charge in [0.25, 0.3) is 0 Å². The van der Waals surface area contributed by atoms with Crippen LogP contribution in [0.5, 0.6) is 5.75 Å². The molecule has 5 heteroatoms. The van der Waals surface area contributed by atoms with Crippen molar-refractivity contribution < 1.29 is 4.74 Å². The highest BCUT2D eigenvalue weighted by Crippen LogP contribution is 2.32. The Morgan fingerprint density at radius 3 is 2.54 bits per heavy atom. The third-order valence-electron chi connectivity index (χ3n) is 4.79. The second-order valence-electron chi connectivity index (χ2n) is 7.00. The molecule has 2 N–H and O–H groups in total. The van der Waals surface area contributed by atoms with E-state index in [-0.39, 0.29) is 30.1 Å². The van der Waals surface area contributed by atoms with Crippen LogP contribution in [0.25, 0.3) is 11.1 Å². The summed E-state index contributed by atoms with van der Waals surface area (Å²) in [4.78, 5) is 4.27. The second-order valence-corrected chi connectivity index (χ2v) is 7.00. The minimum Gasteiger partial charge on any atom is -0.490 e. The van der Waals surface area contributed by atoms with E-state index in [2.05, 4.69) is 65.0 Å². The molecule has 2 aromatic rings. The Morgan fingerprint density at radius 1 is 1.12 bits per heavy atom. The van der Waals surface area contributed by atoms with Crippen LogP contribution >= 0.6 is 24.0 Å². The summed E-state index contributed by atoms with van der Waals surface area (Å²) in [7, 11) is 1.82. The lowest BCUT2D eigenvalue weighted by Gasteiger charge is -2.11. The van der Waals surface area contributed by atoms with E-state index in [1.807, 2.05) is 7.05 Å². The van der Waals surface area contributed by atoms with Crippen LogP contribution in [-0.2, 0) is 13.0 Å². The predicted molar refractivity (Wildman–Crippen MR) is 117 cm³/mol. The zero-order valence-corrected chi connectivity index (χ0v) is 17.6. The Bertz CT molecular complexity index is 784. The number of ether oxygens (including phenoxy) is 1. The molecule has 0 saturated heterocycles. The number of benzene rings is 2. The molecule has 0 bridgehead atoms. The van der Waals surface area contributed by atoms with Gasteiger partial charge >= 0.3 is 0 Å². The first-order valence-corrected chi connectivity index (χ1v) is 9.07. The summed E-state index contributed by atoms with van der Waals surface area (Å²) in [5.41, 5.74) is 5.06. The summed E-state index contributed by atoms with van der Waals surface area (Å²) in [5.74, 6) is 1.92. The Labute approximate surface area is 172 Å². The van der Waals surface area contributed by atoms with E-state index >= 15 is 0 Å². The number of aliphatic imine (C=N–C) groups is 1. The van der Waals surface area contributed by atoms with Crippen LogP contribution in [0.2, 0.25) is 0 Å². The van der Waals surface area contributed by atoms with Crippen LogP contribution in [-0.4, -0.2) is 25.2 Å². The summed E-state index contributed by atoms with van der Waals surface area (Å²) in [5, 5.41) is 6.78. The first kappa shape index (κ1) is 19.0. The quantitative estimate of drug-likeness (QED) is 0.408. The third kappa shape index (κ3) is 4.50. The number of nitrogens with one attached hydrogen (secondary N) is 2. The van der Waals surface area contributed by atoms with E-state index in [0.29, 0.717) is 6.04 Å². The summed E-state index contributed by atoms with van der Waals surface area (Å²) < 4.78 is 5.79. The fraction of sp³-hybridized carbons (Fsp3) is 0.381. The zero-order valence-electron chi connectivity index (χ0n) is 15.3. The average molecular weight is 463 g/mol. The summed E-state index contributed by atoms with van der Waals surface area (Å²) in [6.45, 7) is 2.90. The number of nitrogens with zero attached hydrogens (tertiary/aromatic N) is 1. The van der Waals surface area contributed by atoms with Gasteiger partial charge in [0.2, 0.25) is 0 Å². The maximum atomic E-state index is 5.79. The molecule has 1 heterocycles. The molecule has 0 aromatic heterocycles. The highest BCUT2D eigenvalue weighted by Gasteiger charge is 2.22. The molecule has 2 aliphatic rings. The number of hydrogen-bond donors (Lipinski definition) is 2. The van der Waals surface area contributed by atoms with Crippen LogP contribution in [0, 0.1) is 0 Å². The second kappa shape index (κ2) is 8.29. The van der Waals surface area contributed by atoms with E-state index in [1.165, 1.54) is 35.1 Å². The number of guanidine groups is 1. The molecule has 1 unspecified atom stereocenters. The topological polar surface area (TPSA) is 45.7 Å². The van der Waals surface area contributed by atoms with E-state index in [0.717, 1.165) is 24.7 Å². The van der Waals surface area contributed by atoms with Crippen LogP contribution in [0.15, 0.2) is 47.5 Å². The van der Waals surface area contributed by atoms with E-state index < -0.39 is 0 Å². The molecule has 4 rings (SSSR count). The molecule has 1 fully saturated rings. The number of halogens is 1. The third-order valence-corrected chi connectivity index (χ3v) is 4.79. The molecule has 0 amide bonds. The van der Waals surface area contributed by atoms with Gasteiger partial charge in [-0.1, -0.05) is 30.3 Å². The smallest absolute Gasteiger partial charge is 0.191 e. The predicted octanol–water partition coefficient (Wildman–Crippen LogP) is 4.12. The van der Waals surface area contributed by atoms with Crippen LogP contribution in [0.1, 0.15) is 30.9 Å². The van der Waals surface area contributed by atoms with Crippen molar-refractivity contribution in [3.63, 3.8) is 0 Å². The van der Waals surface area contributed by atoms with Gasteiger partial charge in [-0.05, 0) is 54.2 Å². The molecule has 0 spiro atoms. The van der Waals surface area contributed by atoms with Crippen molar-refractivity contribution in [2.24, 2.45) is 4.99 Å². The van der Waals surface area contributed by atoms with Crippen molar-refractivity contribution in [1.29, 1.82) is 0 Å². The average Bonchev–Trinajstić information content (AvgIpc) is 3.37. The largest absolute Gasteiger partial charge is 0.490 e. The monoisotopic (exact) mass is 463 g/mol. The fourth-order valence-corrected chi connectivity index (χ4v) is 3.22. The number of fused-ring (bicyclic) bond motifs is 1. The first-order chi connectivity index (χ1) is 12.2. The first-order valence-electron chi connectivity index (χ1n) is 9.07. The zero-order chi connectivity index (χ0) is 17.2. The van der Waals surface area contributed by atoms with E-state index in [4.69, 9.17) is 4.74 Å². The van der Waals surface area contributed by atoms with Crippen molar-refractivity contribution in [3.8, 4) is 16.9 Å². The van der Waals surface area contributed by atoms with Gasteiger partial charge in [0.05, 0.1) is 0 Å². The fourth-order valence-electron chi connectivity index (χ4n) is 3.22. The molecule has 138 valence electrons. The van der Waals surface area contributed by atoms with Crippen molar-refractivity contribution in [2.45, 2.75) is 44.9 Å². The van der Waals surface area contributed by atoms with Crippen molar-refractivity contribution in [1.82, 2.24) is 10.6 Å². The number of rotatable bonds is 4. The van der Waals surface area contributed by atoms with Gasteiger partial charge in [0.15, 0.2) is 5.96 Å². The van der Waals surface area contributed by atoms with Crippen molar-refractivity contribution in [2.75, 3.05) is 7.05 Å². The van der Waals surface area contributed by atoms with Crippen molar-refractivity contribution >= 4 is 29.9 Å². The SMILES string of the molecule is CN=C(NCc1ccc(-c2ccc3c(c2)CC(C)O3)cc1)NC1CC1.I. The lowest BCUT2D eigenvalue weighted by Crippen LogP contribution is -2.38. The standard InChI is InChI=1S/C21H25N3O.HI/c1-14-11-18-12-17(7-10-20(18)25-14)16-5-3-15(4-6-16)13-23-21(22-2)24-19-8-9-19;/h3-7,10,12,14,19H,8-9,11,13H2,1-2H3,(H2,22,23,24);1H. The molecule has 26 heavy (non-hydrogen) atoms. The maximum Gasteiger partial charge on any atom is 0.191 e. The minimum absolute atomic E-state index is 0. The highest BCUT2D eigenvalue weighted by atomic mass is 127. The molecule has 1 atom stereocenters. The van der Waals surface area contributed by atoms with E-state index in [9.17, 15) is 0 Å². The molecule has 1 aliphatic carbocycles. The minimum atomic E-state index is 0. The lowest BCUT2D eigenvalue weighted by molar-refractivity contribution is 0.254. The van der Waals surface area contributed by atoms with Gasteiger partial charge in [0.1, 0.15) is 11.9 Å². The van der Waals surface area contributed by atoms with Crippen molar-refractivity contribution in [3.05, 3.63) is 53.6 Å². The highest BCUT2D eigenvalue weighted by molar-refractivity contribution is 14.0. The van der Waals surface area contributed by atoms with Gasteiger partial charge in [-0.2, -0.15) is 0 Å². The van der Waals surface area contributed by atoms with Crippen LogP contribution in [0.4, 0.5) is 0 Å². The molecule has 1 aliphatic heterocycles. The molecule has 2 aromatic carbocycles. The Balaban J connectivity index is 0.00000196. The maximum absolute atomic E-state index is 5.79. The molecule has 1 saturated carbocycles. The Kier molecular flexibility index (Phi) is 6.06. The van der Waals surface area contributed by atoms with Crippen LogP contribution < -0.4 is 15.4 Å². The lowest BCUT2D eigenvalue weighted by atomic mass is 10.00. The van der Waals surface area contributed by atoms with Gasteiger partial charge in [-0.15, -0.1) is 24.0 Å². The van der Waals surface area contributed by atoms with Gasteiger partial charge in [0, 0.05) is 26.1 Å². The molecular formula is C21H26IN3O. The summed E-state index contributed by atoms with van der Waals surface area (Å²) >= 11 is 0. The Hall–Kier alpha value is -1.76. The molecule has 4 nitrogen and oxygen atoms in total. The summed E-state index contributed by atoms with van der Waals surface area (Å²) in [6.07, 6.45) is 3.79. The normalized spacial score (nSPS) is 18.5. The van der Waals surface area contributed by atoms with Gasteiger partial charge in [-0.25, -0.2) is 0 Å². The van der Waals surface area contributed by atoms with Crippen LogP contribution in [0.3, 0.4) is 0 Å². The van der Waals surface area contributed by atoms with E-state index in [1.54, 1.807) is 0 Å². The van der Waals surface area contributed by atoms with Gasteiger partial charge in [-0.3, -0.25) is 4.99 Å². The molecular weight excluding hydrogens is 437 g/mol.